The van der Waals surface area contributed by atoms with Gasteiger partial charge in [0.25, 0.3) is 0 Å². The number of rotatable bonds is 10. The molecule has 3 fully saturated rings. The fourth-order valence-corrected chi connectivity index (χ4v) is 8.88. The number of para-hydroxylation sites is 1. The third-order valence-electron chi connectivity index (χ3n) is 8.17. The fraction of sp³-hybridized carbons (Fsp3) is 0.667. The van der Waals surface area contributed by atoms with E-state index >= 15 is 0 Å². The number of hydrogen-bond donors (Lipinski definition) is 3. The summed E-state index contributed by atoms with van der Waals surface area (Å²) in [5.74, 6) is -1.48. The van der Waals surface area contributed by atoms with Crippen molar-refractivity contribution in [2.24, 2.45) is 23.7 Å². The minimum atomic E-state index is -0.694. The highest BCUT2D eigenvalue weighted by Gasteiger charge is 2.76. The standard InChI is InChI=1S/C27H39N3O4S/c1-5-6-10-13-28-25(33)23-27-17(4)14-20(35-27)21(24(32)29-18-11-8-7-9-12-18)22(27)26(34)30(23)19(15-31)16(2)3/h7-9,11-12,16-17,19-23,31H,5-6,10,13-15H2,1-4H3,(H,28,33)(H,29,32)/t17?,19-,20-,21+,22-,23?,27?/m0/s1. The molecule has 1 spiro atoms. The molecular weight excluding hydrogens is 462 g/mol. The van der Waals surface area contributed by atoms with E-state index in [4.69, 9.17) is 0 Å². The van der Waals surface area contributed by atoms with E-state index in [1.54, 1.807) is 16.7 Å². The van der Waals surface area contributed by atoms with Crippen LogP contribution >= 0.6 is 11.8 Å². The van der Waals surface area contributed by atoms with E-state index in [1.165, 1.54) is 0 Å². The van der Waals surface area contributed by atoms with Crippen LogP contribution in [0, 0.1) is 23.7 Å². The van der Waals surface area contributed by atoms with Gasteiger partial charge in [-0.15, -0.1) is 11.8 Å². The molecule has 35 heavy (non-hydrogen) atoms. The van der Waals surface area contributed by atoms with Crippen LogP contribution in [0.25, 0.3) is 0 Å². The van der Waals surface area contributed by atoms with Crippen LogP contribution in [0.4, 0.5) is 5.69 Å². The lowest BCUT2D eigenvalue weighted by atomic mass is 9.66. The number of likely N-dealkylation sites (tertiary alicyclic amines) is 1. The van der Waals surface area contributed by atoms with Crippen molar-refractivity contribution in [3.8, 4) is 0 Å². The van der Waals surface area contributed by atoms with Gasteiger partial charge in [0.1, 0.15) is 6.04 Å². The Morgan fingerprint density at radius 2 is 1.91 bits per heavy atom. The van der Waals surface area contributed by atoms with Crippen LogP contribution in [0.2, 0.25) is 0 Å². The quantitative estimate of drug-likeness (QED) is 0.428. The maximum Gasteiger partial charge on any atom is 0.244 e. The Kier molecular flexibility index (Phi) is 7.81. The number of thioether (sulfide) groups is 1. The fourth-order valence-electron chi connectivity index (χ4n) is 6.47. The average molecular weight is 502 g/mol. The van der Waals surface area contributed by atoms with E-state index < -0.39 is 28.7 Å². The molecule has 0 saturated carbocycles. The molecule has 1 aromatic carbocycles. The summed E-state index contributed by atoms with van der Waals surface area (Å²) in [7, 11) is 0. The zero-order valence-corrected chi connectivity index (χ0v) is 22.0. The van der Waals surface area contributed by atoms with Crippen LogP contribution in [-0.2, 0) is 14.4 Å². The lowest BCUT2D eigenvalue weighted by molar-refractivity contribution is -0.143. The summed E-state index contributed by atoms with van der Waals surface area (Å²) in [5.41, 5.74) is 0.704. The predicted molar refractivity (Wildman–Crippen MR) is 139 cm³/mol. The molecule has 3 heterocycles. The monoisotopic (exact) mass is 501 g/mol. The smallest absolute Gasteiger partial charge is 0.244 e. The van der Waals surface area contributed by atoms with Gasteiger partial charge in [-0.2, -0.15) is 0 Å². The molecule has 3 aliphatic rings. The Morgan fingerprint density at radius 1 is 1.20 bits per heavy atom. The molecule has 3 aliphatic heterocycles. The molecule has 192 valence electrons. The van der Waals surface area contributed by atoms with Crippen molar-refractivity contribution in [2.45, 2.75) is 75.5 Å². The average Bonchev–Trinajstić information content (AvgIpc) is 3.42. The highest BCUT2D eigenvalue weighted by molar-refractivity contribution is 8.02. The summed E-state index contributed by atoms with van der Waals surface area (Å²) < 4.78 is -0.669. The van der Waals surface area contributed by atoms with Crippen molar-refractivity contribution in [1.82, 2.24) is 10.2 Å². The van der Waals surface area contributed by atoms with Crippen molar-refractivity contribution in [3.05, 3.63) is 30.3 Å². The number of unbranched alkanes of at least 4 members (excludes halogenated alkanes) is 2. The van der Waals surface area contributed by atoms with E-state index in [1.807, 2.05) is 44.2 Å². The highest BCUT2D eigenvalue weighted by Crippen LogP contribution is 2.69. The Morgan fingerprint density at radius 3 is 2.54 bits per heavy atom. The molecule has 3 amide bonds. The van der Waals surface area contributed by atoms with Gasteiger partial charge < -0.3 is 20.6 Å². The molecule has 0 aliphatic carbocycles. The first-order valence-electron chi connectivity index (χ1n) is 13.0. The third-order valence-corrected chi connectivity index (χ3v) is 10.2. The maximum atomic E-state index is 14.1. The van der Waals surface area contributed by atoms with Gasteiger partial charge in [-0.25, -0.2) is 0 Å². The molecule has 0 radical (unpaired) electrons. The lowest BCUT2D eigenvalue weighted by Gasteiger charge is -2.40. The van der Waals surface area contributed by atoms with Crippen LogP contribution < -0.4 is 10.6 Å². The Bertz CT molecular complexity index is 942. The SMILES string of the molecule is CCCCCNC(=O)C1N([C@@H](CO)C(C)C)C(=O)[C@@H]2[C@H](C(=O)Nc3ccccc3)[C@@H]3CC(C)C12S3. The van der Waals surface area contributed by atoms with Gasteiger partial charge in [-0.1, -0.05) is 58.7 Å². The molecule has 3 N–H and O–H groups in total. The van der Waals surface area contributed by atoms with E-state index in [9.17, 15) is 19.5 Å². The third kappa shape index (κ3) is 4.37. The first-order valence-corrected chi connectivity index (χ1v) is 13.9. The van der Waals surface area contributed by atoms with Crippen LogP contribution in [0.1, 0.15) is 53.4 Å². The predicted octanol–water partition coefficient (Wildman–Crippen LogP) is 3.29. The van der Waals surface area contributed by atoms with Crippen molar-refractivity contribution in [2.75, 3.05) is 18.5 Å². The van der Waals surface area contributed by atoms with Crippen LogP contribution in [0.15, 0.2) is 30.3 Å². The molecule has 8 heteroatoms. The Hall–Kier alpha value is -2.06. The molecule has 4 rings (SSSR count). The number of fused-ring (bicyclic) bond motifs is 1. The van der Waals surface area contributed by atoms with Gasteiger partial charge in [0.05, 0.1) is 29.2 Å². The van der Waals surface area contributed by atoms with Gasteiger partial charge in [-0.3, -0.25) is 14.4 Å². The second kappa shape index (κ2) is 10.5. The van der Waals surface area contributed by atoms with Crippen LogP contribution in [0.5, 0.6) is 0 Å². The van der Waals surface area contributed by atoms with Crippen molar-refractivity contribution in [3.63, 3.8) is 0 Å². The molecule has 7 atom stereocenters. The number of carbonyl (C=O) groups is 3. The van der Waals surface area contributed by atoms with Gasteiger partial charge in [0, 0.05) is 17.5 Å². The topological polar surface area (TPSA) is 98.7 Å². The number of nitrogens with one attached hydrogen (secondary N) is 2. The zero-order chi connectivity index (χ0) is 25.3. The van der Waals surface area contributed by atoms with E-state index in [0.29, 0.717) is 12.2 Å². The minimum absolute atomic E-state index is 0.00756. The molecule has 3 unspecified atom stereocenters. The summed E-state index contributed by atoms with van der Waals surface area (Å²) in [6.45, 7) is 8.51. The molecular formula is C27H39N3O4S. The normalized spacial score (nSPS) is 32.1. The molecule has 7 nitrogen and oxygen atoms in total. The Balaban J connectivity index is 1.70. The highest BCUT2D eigenvalue weighted by atomic mass is 32.2. The molecule has 1 aromatic rings. The van der Waals surface area contributed by atoms with Gasteiger partial charge in [0.2, 0.25) is 17.7 Å². The molecule has 3 saturated heterocycles. The Labute approximate surface area is 212 Å². The maximum absolute atomic E-state index is 14.1. The van der Waals surface area contributed by atoms with Crippen molar-refractivity contribution in [1.29, 1.82) is 0 Å². The van der Waals surface area contributed by atoms with Crippen molar-refractivity contribution >= 4 is 35.2 Å². The van der Waals surface area contributed by atoms with Crippen LogP contribution in [-0.4, -0.2) is 63.0 Å². The summed E-state index contributed by atoms with van der Waals surface area (Å²) in [6.07, 6.45) is 3.77. The second-order valence-electron chi connectivity index (χ2n) is 10.6. The molecule has 0 aromatic heterocycles. The zero-order valence-electron chi connectivity index (χ0n) is 21.2. The first-order chi connectivity index (χ1) is 16.8. The second-order valence-corrected chi connectivity index (χ2v) is 12.2. The van der Waals surface area contributed by atoms with Gasteiger partial charge >= 0.3 is 0 Å². The van der Waals surface area contributed by atoms with E-state index in [-0.39, 0.29) is 41.4 Å². The lowest BCUT2D eigenvalue weighted by Crippen LogP contribution is -2.59. The summed E-state index contributed by atoms with van der Waals surface area (Å²) in [5, 5.41) is 16.4. The van der Waals surface area contributed by atoms with E-state index in [2.05, 4.69) is 24.5 Å². The number of anilines is 1. The van der Waals surface area contributed by atoms with Gasteiger partial charge in [-0.05, 0) is 36.8 Å². The van der Waals surface area contributed by atoms with Crippen molar-refractivity contribution < 1.29 is 19.5 Å². The number of hydrogen-bond acceptors (Lipinski definition) is 5. The first kappa shape index (κ1) is 26.0. The van der Waals surface area contributed by atoms with Crippen LogP contribution in [0.3, 0.4) is 0 Å². The largest absolute Gasteiger partial charge is 0.394 e. The molecule has 2 bridgehead atoms. The summed E-state index contributed by atoms with van der Waals surface area (Å²) >= 11 is 1.67. The number of nitrogens with zero attached hydrogens (tertiary/aromatic N) is 1. The summed E-state index contributed by atoms with van der Waals surface area (Å²) in [4.78, 5) is 43.1. The number of amides is 3. The number of aliphatic hydroxyl groups excluding tert-OH is 1. The number of carbonyl (C=O) groups excluding carboxylic acids is 3. The van der Waals surface area contributed by atoms with E-state index in [0.717, 1.165) is 25.7 Å². The number of benzene rings is 1. The number of aliphatic hydroxyl groups is 1. The minimum Gasteiger partial charge on any atom is -0.394 e. The summed E-state index contributed by atoms with van der Waals surface area (Å²) in [6, 6.07) is 8.14. The van der Waals surface area contributed by atoms with Gasteiger partial charge in [0.15, 0.2) is 0 Å².